The predicted octanol–water partition coefficient (Wildman–Crippen LogP) is 2.72. The molecule has 2 aromatic heterocycles. The number of carbonyl (C=O) groups excluding carboxylic acids is 1. The largest absolute Gasteiger partial charge is 0.497 e. The Balaban J connectivity index is 1.62. The van der Waals surface area contributed by atoms with E-state index in [1.807, 2.05) is 12.1 Å². The second kappa shape index (κ2) is 7.93. The Hall–Kier alpha value is -4.00. The average molecular weight is 386 g/mol. The lowest BCUT2D eigenvalue weighted by molar-refractivity contribution is 0.0951. The van der Waals surface area contributed by atoms with Gasteiger partial charge >= 0.3 is 0 Å². The van der Waals surface area contributed by atoms with Crippen LogP contribution in [0, 0.1) is 0 Å². The molecule has 0 saturated carbocycles. The Morgan fingerprint density at radius 2 is 2.03 bits per heavy atom. The first kappa shape index (κ1) is 18.4. The van der Waals surface area contributed by atoms with Crippen LogP contribution in [0.25, 0.3) is 16.6 Å². The molecule has 1 amide bonds. The van der Waals surface area contributed by atoms with E-state index in [1.54, 1.807) is 62.0 Å². The van der Waals surface area contributed by atoms with Gasteiger partial charge in [0.1, 0.15) is 12.1 Å². The van der Waals surface area contributed by atoms with Crippen molar-refractivity contribution in [3.05, 3.63) is 94.8 Å². The highest BCUT2D eigenvalue weighted by Gasteiger charge is 2.11. The molecule has 7 nitrogen and oxygen atoms in total. The Morgan fingerprint density at radius 3 is 2.83 bits per heavy atom. The van der Waals surface area contributed by atoms with E-state index in [0.717, 1.165) is 5.56 Å². The highest BCUT2D eigenvalue weighted by atomic mass is 16.5. The number of fused-ring (bicyclic) bond motifs is 1. The molecule has 0 unspecified atom stereocenters. The minimum absolute atomic E-state index is 0.217. The summed E-state index contributed by atoms with van der Waals surface area (Å²) in [6.07, 6.45) is 4.83. The van der Waals surface area contributed by atoms with Crippen molar-refractivity contribution in [1.29, 1.82) is 0 Å². The lowest BCUT2D eigenvalue weighted by atomic mass is 10.1. The SMILES string of the molecule is COc1cccc(-n2cnc3cc(C(=O)NCc4cccnc4)ccc3c2=O)c1. The normalized spacial score (nSPS) is 10.7. The van der Waals surface area contributed by atoms with E-state index in [1.165, 1.54) is 10.9 Å². The van der Waals surface area contributed by atoms with Gasteiger partial charge in [0.2, 0.25) is 0 Å². The van der Waals surface area contributed by atoms with Crippen molar-refractivity contribution in [3.63, 3.8) is 0 Å². The van der Waals surface area contributed by atoms with Gasteiger partial charge in [-0.05, 0) is 42.0 Å². The fourth-order valence-corrected chi connectivity index (χ4v) is 2.99. The third-order valence-corrected chi connectivity index (χ3v) is 4.53. The molecule has 0 atom stereocenters. The summed E-state index contributed by atoms with van der Waals surface area (Å²) >= 11 is 0. The summed E-state index contributed by atoms with van der Waals surface area (Å²) in [5.74, 6) is 0.407. The highest BCUT2D eigenvalue weighted by Crippen LogP contribution is 2.16. The number of methoxy groups -OCH3 is 1. The summed E-state index contributed by atoms with van der Waals surface area (Å²) < 4.78 is 6.67. The van der Waals surface area contributed by atoms with Gasteiger partial charge in [0, 0.05) is 30.6 Å². The van der Waals surface area contributed by atoms with Crippen LogP contribution < -0.4 is 15.6 Å². The van der Waals surface area contributed by atoms with Crippen LogP contribution in [0.15, 0.2) is 78.1 Å². The molecule has 29 heavy (non-hydrogen) atoms. The van der Waals surface area contributed by atoms with E-state index in [2.05, 4.69) is 15.3 Å². The Labute approximate surface area is 166 Å². The lowest BCUT2D eigenvalue weighted by Crippen LogP contribution is -2.23. The molecule has 0 aliphatic rings. The molecule has 0 aliphatic carbocycles. The van der Waals surface area contributed by atoms with E-state index in [4.69, 9.17) is 4.74 Å². The van der Waals surface area contributed by atoms with Crippen LogP contribution in [-0.2, 0) is 6.54 Å². The van der Waals surface area contributed by atoms with Crippen molar-refractivity contribution in [2.24, 2.45) is 0 Å². The molecule has 144 valence electrons. The summed E-state index contributed by atoms with van der Waals surface area (Å²) in [6.45, 7) is 0.371. The van der Waals surface area contributed by atoms with Crippen LogP contribution >= 0.6 is 0 Å². The Morgan fingerprint density at radius 1 is 1.14 bits per heavy atom. The zero-order valence-electron chi connectivity index (χ0n) is 15.7. The van der Waals surface area contributed by atoms with Gasteiger partial charge in [-0.3, -0.25) is 19.1 Å². The van der Waals surface area contributed by atoms with Crippen LogP contribution in [-0.4, -0.2) is 27.6 Å². The molecule has 0 spiro atoms. The van der Waals surface area contributed by atoms with Crippen LogP contribution in [0.1, 0.15) is 15.9 Å². The third-order valence-electron chi connectivity index (χ3n) is 4.53. The molecule has 0 radical (unpaired) electrons. The van der Waals surface area contributed by atoms with Gasteiger partial charge in [-0.15, -0.1) is 0 Å². The fourth-order valence-electron chi connectivity index (χ4n) is 2.99. The number of hydrogen-bond acceptors (Lipinski definition) is 5. The first-order valence-electron chi connectivity index (χ1n) is 8.98. The van der Waals surface area contributed by atoms with Crippen LogP contribution in [0.5, 0.6) is 5.75 Å². The minimum atomic E-state index is -0.241. The minimum Gasteiger partial charge on any atom is -0.497 e. The van der Waals surface area contributed by atoms with Crippen molar-refractivity contribution in [3.8, 4) is 11.4 Å². The van der Waals surface area contributed by atoms with E-state index in [0.29, 0.717) is 34.4 Å². The Bertz CT molecular complexity index is 1240. The van der Waals surface area contributed by atoms with E-state index in [9.17, 15) is 9.59 Å². The molecule has 0 fully saturated rings. The Kier molecular flexibility index (Phi) is 5.03. The molecule has 2 aromatic carbocycles. The number of nitrogens with zero attached hydrogens (tertiary/aromatic N) is 3. The molecular formula is C22H18N4O3. The number of carbonyl (C=O) groups is 1. The molecule has 7 heteroatoms. The summed E-state index contributed by atoms with van der Waals surface area (Å²) in [7, 11) is 1.57. The first-order chi connectivity index (χ1) is 14.2. The van der Waals surface area contributed by atoms with Crippen molar-refractivity contribution >= 4 is 16.8 Å². The van der Waals surface area contributed by atoms with Gasteiger partial charge in [-0.25, -0.2) is 4.98 Å². The predicted molar refractivity (Wildman–Crippen MR) is 109 cm³/mol. The van der Waals surface area contributed by atoms with Crippen molar-refractivity contribution in [2.45, 2.75) is 6.54 Å². The maximum atomic E-state index is 12.9. The molecule has 2 heterocycles. The number of rotatable bonds is 5. The quantitative estimate of drug-likeness (QED) is 0.570. The molecule has 4 aromatic rings. The van der Waals surface area contributed by atoms with Crippen LogP contribution in [0.2, 0.25) is 0 Å². The zero-order valence-corrected chi connectivity index (χ0v) is 15.7. The summed E-state index contributed by atoms with van der Waals surface area (Å²) in [6, 6.07) is 15.7. The smallest absolute Gasteiger partial charge is 0.265 e. The number of nitrogens with one attached hydrogen (secondary N) is 1. The summed E-state index contributed by atoms with van der Waals surface area (Å²) in [5, 5.41) is 3.27. The van der Waals surface area contributed by atoms with E-state index in [-0.39, 0.29) is 11.5 Å². The zero-order chi connectivity index (χ0) is 20.2. The maximum absolute atomic E-state index is 12.9. The molecular weight excluding hydrogens is 368 g/mol. The number of hydrogen-bond donors (Lipinski definition) is 1. The standard InChI is InChI=1S/C22H18N4O3/c1-29-18-6-2-5-17(11-18)26-14-25-20-10-16(7-8-19(20)22(26)28)21(27)24-13-15-4-3-9-23-12-15/h2-12,14H,13H2,1H3,(H,24,27). The molecule has 1 N–H and O–H groups in total. The van der Waals surface area contributed by atoms with Crippen molar-refractivity contribution in [1.82, 2.24) is 19.9 Å². The molecule has 0 saturated heterocycles. The third kappa shape index (κ3) is 3.84. The first-order valence-corrected chi connectivity index (χ1v) is 8.98. The fraction of sp³-hybridized carbons (Fsp3) is 0.0909. The molecule has 4 rings (SSSR count). The van der Waals surface area contributed by atoms with E-state index < -0.39 is 0 Å². The van der Waals surface area contributed by atoms with E-state index >= 15 is 0 Å². The van der Waals surface area contributed by atoms with Crippen molar-refractivity contribution < 1.29 is 9.53 Å². The monoisotopic (exact) mass is 386 g/mol. The van der Waals surface area contributed by atoms with Crippen molar-refractivity contribution in [2.75, 3.05) is 7.11 Å². The van der Waals surface area contributed by atoms with Gasteiger partial charge in [0.05, 0.1) is 23.7 Å². The second-order valence-electron chi connectivity index (χ2n) is 6.40. The van der Waals surface area contributed by atoms with Crippen LogP contribution in [0.4, 0.5) is 0 Å². The van der Waals surface area contributed by atoms with Gasteiger partial charge in [-0.1, -0.05) is 12.1 Å². The van der Waals surface area contributed by atoms with Gasteiger partial charge in [0.15, 0.2) is 0 Å². The van der Waals surface area contributed by atoms with Gasteiger partial charge < -0.3 is 10.1 Å². The lowest BCUT2D eigenvalue weighted by Gasteiger charge is -2.09. The van der Waals surface area contributed by atoms with Crippen LogP contribution in [0.3, 0.4) is 0 Å². The number of amides is 1. The second-order valence-corrected chi connectivity index (χ2v) is 6.40. The average Bonchev–Trinajstić information content (AvgIpc) is 2.78. The molecule has 0 aliphatic heterocycles. The summed E-state index contributed by atoms with van der Waals surface area (Å²) in [5.41, 5.74) is 2.24. The topological polar surface area (TPSA) is 86.1 Å². The number of benzene rings is 2. The summed E-state index contributed by atoms with van der Waals surface area (Å²) in [4.78, 5) is 33.7. The van der Waals surface area contributed by atoms with Gasteiger partial charge in [0.25, 0.3) is 11.5 Å². The highest BCUT2D eigenvalue weighted by molar-refractivity contribution is 5.97. The number of ether oxygens (including phenoxy) is 1. The number of aromatic nitrogens is 3. The number of pyridine rings is 1. The van der Waals surface area contributed by atoms with Gasteiger partial charge in [-0.2, -0.15) is 0 Å². The maximum Gasteiger partial charge on any atom is 0.265 e. The molecule has 0 bridgehead atoms.